The van der Waals surface area contributed by atoms with Crippen molar-refractivity contribution in [2.45, 2.75) is 35.9 Å². The Labute approximate surface area is 174 Å². The zero-order valence-electron chi connectivity index (χ0n) is 15.0. The third kappa shape index (κ3) is 3.63. The van der Waals surface area contributed by atoms with Gasteiger partial charge in [0.2, 0.25) is 10.0 Å². The average molecular weight is 442 g/mol. The van der Waals surface area contributed by atoms with Crippen molar-refractivity contribution in [2.24, 2.45) is 10.9 Å². The fourth-order valence-electron chi connectivity index (χ4n) is 4.08. The predicted octanol–water partition coefficient (Wildman–Crippen LogP) is 2.72. The van der Waals surface area contributed by atoms with E-state index in [-0.39, 0.29) is 33.1 Å². The van der Waals surface area contributed by atoms with Gasteiger partial charge in [0, 0.05) is 19.1 Å². The molecule has 2 aromatic rings. The highest BCUT2D eigenvalue weighted by atomic mass is 35.5. The molecule has 4 N–H and O–H groups in total. The number of ether oxygens (including phenoxy) is 1. The van der Waals surface area contributed by atoms with Gasteiger partial charge < -0.3 is 10.5 Å². The first-order valence-corrected chi connectivity index (χ1v) is 11.3. The first-order valence-electron chi connectivity index (χ1n) is 9.00. The largest absolute Gasteiger partial charge is 0.482 e. The Morgan fingerprint density at radius 2 is 1.86 bits per heavy atom. The van der Waals surface area contributed by atoms with Crippen molar-refractivity contribution >= 4 is 33.2 Å². The molecule has 0 saturated carbocycles. The van der Waals surface area contributed by atoms with E-state index >= 15 is 0 Å². The van der Waals surface area contributed by atoms with Crippen LogP contribution in [-0.2, 0) is 16.4 Å². The molecule has 9 heteroatoms. The minimum Gasteiger partial charge on any atom is -0.482 e. The van der Waals surface area contributed by atoms with Crippen molar-refractivity contribution < 1.29 is 13.2 Å². The summed E-state index contributed by atoms with van der Waals surface area (Å²) in [5.41, 5.74) is 8.42. The van der Waals surface area contributed by atoms with Gasteiger partial charge in [-0.15, -0.1) is 0 Å². The van der Waals surface area contributed by atoms with Crippen molar-refractivity contribution in [2.75, 3.05) is 13.1 Å². The Morgan fingerprint density at radius 3 is 2.54 bits per heavy atom. The molecule has 0 radical (unpaired) electrons. The van der Waals surface area contributed by atoms with Crippen LogP contribution >= 0.6 is 23.2 Å². The van der Waals surface area contributed by atoms with E-state index in [0.29, 0.717) is 5.75 Å². The number of likely N-dealkylation sites (tertiary alicyclic amines) is 1. The lowest BCUT2D eigenvalue weighted by atomic mass is 10.1. The van der Waals surface area contributed by atoms with Crippen molar-refractivity contribution in [3.8, 4) is 5.75 Å². The second-order valence-corrected chi connectivity index (χ2v) is 9.57. The predicted molar refractivity (Wildman–Crippen MR) is 109 cm³/mol. The molecule has 6 nitrogen and oxygen atoms in total. The Morgan fingerprint density at radius 1 is 1.11 bits per heavy atom. The van der Waals surface area contributed by atoms with Gasteiger partial charge in [0.05, 0.1) is 11.1 Å². The number of sulfonamides is 1. The van der Waals surface area contributed by atoms with Crippen LogP contribution in [0.1, 0.15) is 23.7 Å². The smallest absolute Gasteiger partial charge is 0.239 e. The molecule has 28 heavy (non-hydrogen) atoms. The number of nitrogens with two attached hydrogens (primary N) is 2. The van der Waals surface area contributed by atoms with E-state index in [2.05, 4.69) is 11.0 Å². The summed E-state index contributed by atoms with van der Waals surface area (Å²) in [5, 5.41) is 5.10. The molecule has 1 aliphatic carbocycles. The van der Waals surface area contributed by atoms with Crippen LogP contribution in [0.15, 0.2) is 41.3 Å². The Hall–Kier alpha value is -1.35. The Bertz CT molecular complexity index is 1020. The molecule has 150 valence electrons. The quantitative estimate of drug-likeness (QED) is 0.759. The summed E-state index contributed by atoms with van der Waals surface area (Å²) in [6.45, 7) is 1.73. The number of fused-ring (bicyclic) bond motifs is 1. The summed E-state index contributed by atoms with van der Waals surface area (Å²) in [6.07, 6.45) is 1.55. The second kappa shape index (κ2) is 7.48. The maximum absolute atomic E-state index is 11.7. The van der Waals surface area contributed by atoms with Crippen molar-refractivity contribution in [3.63, 3.8) is 0 Å². The minimum atomic E-state index is -3.97. The fourth-order valence-corrected chi connectivity index (χ4v) is 5.43. The number of halogens is 2. The highest BCUT2D eigenvalue weighted by molar-refractivity contribution is 7.89. The number of primary sulfonamides is 1. The molecule has 2 aromatic carbocycles. The maximum Gasteiger partial charge on any atom is 0.239 e. The van der Waals surface area contributed by atoms with Gasteiger partial charge >= 0.3 is 0 Å². The van der Waals surface area contributed by atoms with Crippen LogP contribution in [-0.4, -0.2) is 38.5 Å². The molecule has 0 aromatic heterocycles. The van der Waals surface area contributed by atoms with Gasteiger partial charge in [-0.25, -0.2) is 13.6 Å². The van der Waals surface area contributed by atoms with E-state index in [1.165, 1.54) is 17.7 Å². The summed E-state index contributed by atoms with van der Waals surface area (Å²) in [4.78, 5) is 2.13. The molecule has 0 spiro atoms. The van der Waals surface area contributed by atoms with Crippen LogP contribution in [0.4, 0.5) is 0 Å². The van der Waals surface area contributed by atoms with Gasteiger partial charge in [0.15, 0.2) is 0 Å². The highest BCUT2D eigenvalue weighted by Crippen LogP contribution is 2.43. The minimum absolute atomic E-state index is 0.0365. The highest BCUT2D eigenvalue weighted by Gasteiger charge is 2.40. The van der Waals surface area contributed by atoms with Crippen LogP contribution < -0.4 is 15.6 Å². The lowest BCUT2D eigenvalue weighted by molar-refractivity contribution is 0.0933. The standard InChI is InChI=1S/C19H21Cl2N3O3S/c20-17-15(5-6-16(18(17)21)28(23,25)26)27-19-13-4-2-1-3-11(13)9-14(19)24-8-7-12(22)10-24/h1-6,12,14,19H,7-10,22H2,(H2,23,25,26)/t12?,14-,19-/m1/s1. The van der Waals surface area contributed by atoms with Crippen molar-refractivity contribution in [3.05, 3.63) is 57.6 Å². The summed E-state index contributed by atoms with van der Waals surface area (Å²) in [6, 6.07) is 11.2. The molecular formula is C19H21Cl2N3O3S. The number of rotatable bonds is 4. The van der Waals surface area contributed by atoms with Crippen LogP contribution in [0.25, 0.3) is 0 Å². The lowest BCUT2D eigenvalue weighted by Crippen LogP contribution is -2.40. The van der Waals surface area contributed by atoms with Gasteiger partial charge in [0.1, 0.15) is 21.8 Å². The molecule has 1 fully saturated rings. The van der Waals surface area contributed by atoms with Gasteiger partial charge in [0.25, 0.3) is 0 Å². The molecular weight excluding hydrogens is 421 g/mol. The Kier molecular flexibility index (Phi) is 5.33. The van der Waals surface area contributed by atoms with E-state index in [1.54, 1.807) is 0 Å². The number of hydrogen-bond donors (Lipinski definition) is 2. The lowest BCUT2D eigenvalue weighted by Gasteiger charge is -2.30. The topological polar surface area (TPSA) is 98.6 Å². The first-order chi connectivity index (χ1) is 13.3. The molecule has 1 heterocycles. The summed E-state index contributed by atoms with van der Waals surface area (Å²) >= 11 is 12.5. The van der Waals surface area contributed by atoms with Gasteiger partial charge in [-0.05, 0) is 36.1 Å². The van der Waals surface area contributed by atoms with Crippen LogP contribution in [0.2, 0.25) is 10.0 Å². The van der Waals surface area contributed by atoms with E-state index < -0.39 is 10.0 Å². The summed E-state index contributed by atoms with van der Waals surface area (Å²) < 4.78 is 29.6. The number of hydrogen-bond acceptors (Lipinski definition) is 5. The fraction of sp³-hybridized carbons (Fsp3) is 0.368. The zero-order chi connectivity index (χ0) is 20.1. The molecule has 1 aliphatic heterocycles. The SMILES string of the molecule is NC1CCN([C@@H]2Cc3ccccc3[C@H]2Oc2ccc(S(N)(=O)=O)c(Cl)c2Cl)C1. The van der Waals surface area contributed by atoms with Crippen molar-refractivity contribution in [1.82, 2.24) is 4.90 Å². The van der Waals surface area contributed by atoms with E-state index in [1.807, 2.05) is 18.2 Å². The van der Waals surface area contributed by atoms with Crippen LogP contribution in [0.5, 0.6) is 5.75 Å². The monoisotopic (exact) mass is 441 g/mol. The number of nitrogens with zero attached hydrogens (tertiary/aromatic N) is 1. The molecule has 4 rings (SSSR count). The maximum atomic E-state index is 11.7. The van der Waals surface area contributed by atoms with E-state index in [9.17, 15) is 8.42 Å². The molecule has 0 bridgehead atoms. The third-order valence-electron chi connectivity index (χ3n) is 5.44. The molecule has 3 atom stereocenters. The van der Waals surface area contributed by atoms with Gasteiger partial charge in [-0.3, -0.25) is 4.90 Å². The molecule has 2 aliphatic rings. The molecule has 1 saturated heterocycles. The van der Waals surface area contributed by atoms with Gasteiger partial charge in [-0.2, -0.15) is 0 Å². The van der Waals surface area contributed by atoms with E-state index in [0.717, 1.165) is 31.5 Å². The first kappa shape index (κ1) is 19.9. The van der Waals surface area contributed by atoms with Crippen LogP contribution in [0, 0.1) is 0 Å². The molecule has 1 unspecified atom stereocenters. The zero-order valence-corrected chi connectivity index (χ0v) is 17.3. The van der Waals surface area contributed by atoms with Crippen molar-refractivity contribution in [1.29, 1.82) is 0 Å². The second-order valence-electron chi connectivity index (χ2n) is 7.29. The average Bonchev–Trinajstić information content (AvgIpc) is 3.22. The molecule has 0 amide bonds. The van der Waals surface area contributed by atoms with Crippen LogP contribution in [0.3, 0.4) is 0 Å². The third-order valence-corrected chi connectivity index (χ3v) is 7.37. The number of benzene rings is 2. The summed E-state index contributed by atoms with van der Waals surface area (Å²) in [5.74, 6) is 0.328. The van der Waals surface area contributed by atoms with E-state index in [4.69, 9.17) is 38.8 Å². The van der Waals surface area contributed by atoms with Gasteiger partial charge in [-0.1, -0.05) is 47.5 Å². The normalized spacial score (nSPS) is 25.1. The Balaban J connectivity index is 1.69. The summed E-state index contributed by atoms with van der Waals surface area (Å²) in [7, 11) is -3.97.